The van der Waals surface area contributed by atoms with Gasteiger partial charge in [0.05, 0.1) is 33.8 Å². The number of hydrogen-bond acceptors (Lipinski definition) is 7. The Morgan fingerprint density at radius 2 is 0.762 bits per heavy atom. The van der Waals surface area contributed by atoms with Crippen LogP contribution in [0.25, 0.3) is 0 Å². The molecule has 0 aliphatic heterocycles. The predicted molar refractivity (Wildman–Crippen MR) is 344 cm³/mol. The molecule has 0 spiro atoms. The van der Waals surface area contributed by atoms with Crippen molar-refractivity contribution in [2.45, 2.75) is 322 Å². The normalized spacial score (nSPS) is 14.0. The van der Waals surface area contributed by atoms with Gasteiger partial charge in [0.15, 0.2) is 0 Å². The van der Waals surface area contributed by atoms with Gasteiger partial charge in [-0.2, -0.15) is 0 Å². The standard InChI is InChI=1S/C70H129N2O7P/c1-7-10-13-16-19-22-25-28-30-32-34-35-36-37-39-40-42-44-47-50-53-56-59-62-69(73)71-67(66-78-80(75,76)77-65-64-72(4,5)6)68(61-58-55-52-49-46-27-24-21-18-15-12-9-3)79-70(74)63-60-57-54-51-48-45-43-41-38-33-31-29-26-23-20-17-14-11-8-2/h20,23,28-31,38,41,45,48,58,61,67-68H,7-19,21-22,24-27,32-37,39-40,42-44,46-47,49-57,59-60,62-66H2,1-6H3,(H-,71,73,75,76)/b23-20-,30-28+,31-29-,41-38-,48-45-,61-58-. The van der Waals surface area contributed by atoms with Gasteiger partial charge in [0.2, 0.25) is 5.91 Å². The van der Waals surface area contributed by atoms with E-state index in [2.05, 4.69) is 86.8 Å². The number of nitrogens with zero attached hydrogens (tertiary/aromatic N) is 1. The minimum Gasteiger partial charge on any atom is -0.756 e. The largest absolute Gasteiger partial charge is 0.756 e. The number of rotatable bonds is 61. The number of quaternary nitrogens is 1. The van der Waals surface area contributed by atoms with E-state index in [1.165, 1.54) is 193 Å². The van der Waals surface area contributed by atoms with E-state index in [9.17, 15) is 19.0 Å². The zero-order chi connectivity index (χ0) is 58.6. The van der Waals surface area contributed by atoms with Crippen LogP contribution in [0.1, 0.15) is 310 Å². The molecular formula is C70H129N2O7P. The monoisotopic (exact) mass is 1140 g/mol. The summed E-state index contributed by atoms with van der Waals surface area (Å²) >= 11 is 0. The predicted octanol–water partition coefficient (Wildman–Crippen LogP) is 20.5. The third kappa shape index (κ3) is 60.1. The smallest absolute Gasteiger partial charge is 0.306 e. The lowest BCUT2D eigenvalue weighted by Gasteiger charge is -2.30. The number of phosphoric ester groups is 1. The molecule has 0 radical (unpaired) electrons. The van der Waals surface area contributed by atoms with E-state index in [-0.39, 0.29) is 24.9 Å². The van der Waals surface area contributed by atoms with E-state index in [1.807, 2.05) is 33.3 Å². The van der Waals surface area contributed by atoms with Crippen LogP contribution < -0.4 is 10.2 Å². The van der Waals surface area contributed by atoms with Crippen LogP contribution in [-0.2, 0) is 27.9 Å². The minimum absolute atomic E-state index is 0.0290. The number of esters is 1. The molecule has 0 aromatic rings. The highest BCUT2D eigenvalue weighted by Crippen LogP contribution is 2.38. The molecule has 0 aliphatic carbocycles. The number of hydrogen-bond donors (Lipinski definition) is 1. The summed E-state index contributed by atoms with van der Waals surface area (Å²) in [7, 11) is 1.17. The molecule has 0 saturated heterocycles. The van der Waals surface area contributed by atoms with Crippen LogP contribution in [0.5, 0.6) is 0 Å². The highest BCUT2D eigenvalue weighted by Gasteiger charge is 2.27. The molecule has 0 bridgehead atoms. The van der Waals surface area contributed by atoms with Crippen molar-refractivity contribution < 1.29 is 37.3 Å². The second-order valence-electron chi connectivity index (χ2n) is 24.0. The maximum atomic E-state index is 13.6. The Labute approximate surface area is 495 Å². The number of carbonyl (C=O) groups is 2. The van der Waals surface area contributed by atoms with Gasteiger partial charge >= 0.3 is 5.97 Å². The quantitative estimate of drug-likeness (QED) is 0.0212. The highest BCUT2D eigenvalue weighted by atomic mass is 31.2. The van der Waals surface area contributed by atoms with Gasteiger partial charge in [-0.05, 0) is 102 Å². The summed E-state index contributed by atoms with van der Waals surface area (Å²) in [5.41, 5.74) is 0. The van der Waals surface area contributed by atoms with Crippen molar-refractivity contribution in [3.8, 4) is 0 Å². The second-order valence-corrected chi connectivity index (χ2v) is 25.4. The van der Waals surface area contributed by atoms with E-state index in [1.54, 1.807) is 0 Å². The number of phosphoric acid groups is 1. The molecule has 0 aromatic heterocycles. The van der Waals surface area contributed by atoms with E-state index >= 15 is 0 Å². The van der Waals surface area contributed by atoms with Crippen molar-refractivity contribution >= 4 is 19.7 Å². The fraction of sp³-hybridized carbons (Fsp3) is 0.800. The van der Waals surface area contributed by atoms with Gasteiger partial charge < -0.3 is 28.5 Å². The topological polar surface area (TPSA) is 114 Å². The molecule has 3 unspecified atom stereocenters. The van der Waals surface area contributed by atoms with Crippen LogP contribution >= 0.6 is 7.82 Å². The lowest BCUT2D eigenvalue weighted by atomic mass is 10.0. The van der Waals surface area contributed by atoms with Gasteiger partial charge in [-0.3, -0.25) is 14.2 Å². The van der Waals surface area contributed by atoms with E-state index in [0.717, 1.165) is 77.0 Å². The SMILES string of the molecule is CCCCC/C=C\C/C=C\C/C=C\C/C=C\CCCCCC(=O)OC(/C=C\CCCCCCCCCCCC)C(COP(=O)([O-])OCC[N+](C)(C)C)NC(=O)CCCCCCCCCCCCCCC/C=C/CCCCCCCC. The first-order valence-corrected chi connectivity index (χ1v) is 35.2. The molecule has 1 N–H and O–H groups in total. The van der Waals surface area contributed by atoms with Crippen LogP contribution in [0.15, 0.2) is 72.9 Å². The summed E-state index contributed by atoms with van der Waals surface area (Å²) in [6, 6.07) is -0.904. The summed E-state index contributed by atoms with van der Waals surface area (Å²) in [6.07, 6.45) is 77.3. The molecule has 0 saturated carbocycles. The van der Waals surface area contributed by atoms with Gasteiger partial charge in [-0.1, -0.05) is 267 Å². The van der Waals surface area contributed by atoms with Crippen molar-refractivity contribution in [3.63, 3.8) is 0 Å². The Hall–Kier alpha value is -2.55. The average Bonchev–Trinajstić information content (AvgIpc) is 3.43. The van der Waals surface area contributed by atoms with Gasteiger partial charge in [-0.25, -0.2) is 0 Å². The summed E-state index contributed by atoms with van der Waals surface area (Å²) < 4.78 is 30.4. The lowest BCUT2D eigenvalue weighted by Crippen LogP contribution is -2.47. The van der Waals surface area contributed by atoms with E-state index in [4.69, 9.17) is 13.8 Å². The number of carbonyl (C=O) groups excluding carboxylic acids is 2. The number of nitrogens with one attached hydrogen (secondary N) is 1. The maximum Gasteiger partial charge on any atom is 0.306 e. The molecule has 80 heavy (non-hydrogen) atoms. The molecule has 0 aliphatic rings. The Kier molecular flexibility index (Phi) is 57.7. The molecule has 1 amide bonds. The first kappa shape index (κ1) is 77.5. The van der Waals surface area contributed by atoms with Crippen LogP contribution in [-0.4, -0.2) is 69.4 Å². The second kappa shape index (κ2) is 59.6. The highest BCUT2D eigenvalue weighted by molar-refractivity contribution is 7.45. The van der Waals surface area contributed by atoms with Crippen molar-refractivity contribution in [2.24, 2.45) is 0 Å². The van der Waals surface area contributed by atoms with Gasteiger partial charge in [0.1, 0.15) is 19.3 Å². The van der Waals surface area contributed by atoms with Crippen molar-refractivity contribution in [1.29, 1.82) is 0 Å². The number of amides is 1. The number of likely N-dealkylation sites (N-methyl/N-ethyl adjacent to an activating group) is 1. The summed E-state index contributed by atoms with van der Waals surface area (Å²) in [5, 5.41) is 3.03. The van der Waals surface area contributed by atoms with Crippen LogP contribution in [0.3, 0.4) is 0 Å². The van der Waals surface area contributed by atoms with Gasteiger partial charge in [0, 0.05) is 12.8 Å². The molecule has 0 rings (SSSR count). The maximum absolute atomic E-state index is 13.6. The van der Waals surface area contributed by atoms with Gasteiger partial charge in [-0.15, -0.1) is 0 Å². The molecule has 3 atom stereocenters. The van der Waals surface area contributed by atoms with Crippen molar-refractivity contribution in [3.05, 3.63) is 72.9 Å². The number of unbranched alkanes of at least 4 members (excludes halogenated alkanes) is 35. The Balaban J connectivity index is 5.18. The van der Waals surface area contributed by atoms with E-state index in [0.29, 0.717) is 23.9 Å². The summed E-state index contributed by atoms with van der Waals surface area (Å²) in [5.74, 6) is -0.570. The Morgan fingerprint density at radius 3 is 1.19 bits per heavy atom. The third-order valence-electron chi connectivity index (χ3n) is 14.9. The fourth-order valence-corrected chi connectivity index (χ4v) is 10.3. The zero-order valence-corrected chi connectivity index (χ0v) is 54.2. The molecule has 0 aromatic carbocycles. The van der Waals surface area contributed by atoms with Crippen LogP contribution in [0.2, 0.25) is 0 Å². The number of ether oxygens (including phenoxy) is 1. The molecule has 9 nitrogen and oxygen atoms in total. The Morgan fingerprint density at radius 1 is 0.438 bits per heavy atom. The minimum atomic E-state index is -4.71. The van der Waals surface area contributed by atoms with Crippen LogP contribution in [0, 0.1) is 0 Å². The summed E-state index contributed by atoms with van der Waals surface area (Å²) in [4.78, 5) is 40.1. The molecule has 0 heterocycles. The van der Waals surface area contributed by atoms with Crippen molar-refractivity contribution in [2.75, 3.05) is 40.9 Å². The van der Waals surface area contributed by atoms with E-state index < -0.39 is 26.6 Å². The molecule has 0 fully saturated rings. The Bertz CT molecular complexity index is 1600. The first-order chi connectivity index (χ1) is 38.9. The molecule has 10 heteroatoms. The number of allylic oxidation sites excluding steroid dienone is 11. The average molecular weight is 1140 g/mol. The molecular weight excluding hydrogens is 1010 g/mol. The fourth-order valence-electron chi connectivity index (χ4n) is 9.62. The van der Waals surface area contributed by atoms with Crippen LogP contribution in [0.4, 0.5) is 0 Å². The van der Waals surface area contributed by atoms with Gasteiger partial charge in [0.25, 0.3) is 7.82 Å². The lowest BCUT2D eigenvalue weighted by molar-refractivity contribution is -0.870. The molecule has 466 valence electrons. The first-order valence-electron chi connectivity index (χ1n) is 33.7. The third-order valence-corrected chi connectivity index (χ3v) is 15.8. The summed E-state index contributed by atoms with van der Waals surface area (Å²) in [6.45, 7) is 6.81. The van der Waals surface area contributed by atoms with Crippen molar-refractivity contribution in [1.82, 2.24) is 5.32 Å². The zero-order valence-electron chi connectivity index (χ0n) is 53.3.